The zero-order chi connectivity index (χ0) is 20.0. The number of rotatable bonds is 6. The molecule has 0 unspecified atom stereocenters. The maximum atomic E-state index is 12.5. The fourth-order valence-corrected chi connectivity index (χ4v) is 2.48. The molecule has 2 aromatic carbocycles. The SMILES string of the molecule is CC(C)(Oc1ccc(/C=C/c2ccncc2)cc1)C(=O)Nc1ccc(O)cc1. The number of nitrogens with zero attached hydrogens (tertiary/aromatic N) is 1. The van der Waals surface area contributed by atoms with Gasteiger partial charge in [0.15, 0.2) is 5.60 Å². The monoisotopic (exact) mass is 374 g/mol. The minimum atomic E-state index is -1.06. The first-order valence-electron chi connectivity index (χ1n) is 8.90. The summed E-state index contributed by atoms with van der Waals surface area (Å²) in [4.78, 5) is 16.5. The third-order valence-corrected chi connectivity index (χ3v) is 4.10. The van der Waals surface area contributed by atoms with Gasteiger partial charge in [0.05, 0.1) is 0 Å². The average Bonchev–Trinajstić information content (AvgIpc) is 2.70. The first kappa shape index (κ1) is 19.2. The molecule has 1 heterocycles. The van der Waals surface area contributed by atoms with Crippen LogP contribution in [-0.2, 0) is 4.79 Å². The molecular weight excluding hydrogens is 352 g/mol. The number of carbonyl (C=O) groups is 1. The van der Waals surface area contributed by atoms with E-state index in [0.717, 1.165) is 11.1 Å². The molecule has 0 aliphatic heterocycles. The lowest BCUT2D eigenvalue weighted by Gasteiger charge is -2.25. The summed E-state index contributed by atoms with van der Waals surface area (Å²) >= 11 is 0. The van der Waals surface area contributed by atoms with E-state index in [1.807, 2.05) is 48.6 Å². The van der Waals surface area contributed by atoms with Gasteiger partial charge >= 0.3 is 0 Å². The number of ether oxygens (including phenoxy) is 1. The summed E-state index contributed by atoms with van der Waals surface area (Å²) in [7, 11) is 0. The van der Waals surface area contributed by atoms with Gasteiger partial charge in [0.1, 0.15) is 11.5 Å². The quantitative estimate of drug-likeness (QED) is 0.611. The van der Waals surface area contributed by atoms with Crippen LogP contribution in [0.4, 0.5) is 5.69 Å². The van der Waals surface area contributed by atoms with Gasteiger partial charge in [-0.1, -0.05) is 24.3 Å². The summed E-state index contributed by atoms with van der Waals surface area (Å²) in [6.45, 7) is 3.42. The van der Waals surface area contributed by atoms with Gasteiger partial charge in [-0.15, -0.1) is 0 Å². The number of phenolic OH excluding ortho intramolecular Hbond substituents is 1. The fourth-order valence-electron chi connectivity index (χ4n) is 2.48. The van der Waals surface area contributed by atoms with E-state index in [-0.39, 0.29) is 11.7 Å². The minimum absolute atomic E-state index is 0.145. The molecule has 0 fully saturated rings. The molecule has 3 rings (SSSR count). The molecule has 1 amide bonds. The van der Waals surface area contributed by atoms with Gasteiger partial charge < -0.3 is 15.2 Å². The molecule has 0 saturated carbocycles. The van der Waals surface area contributed by atoms with E-state index < -0.39 is 5.60 Å². The smallest absolute Gasteiger partial charge is 0.267 e. The molecule has 5 heteroatoms. The Balaban J connectivity index is 1.62. The van der Waals surface area contributed by atoms with Crippen LogP contribution in [0.25, 0.3) is 12.2 Å². The molecule has 0 atom stereocenters. The predicted molar refractivity (Wildman–Crippen MR) is 111 cm³/mol. The van der Waals surface area contributed by atoms with Crippen molar-refractivity contribution in [1.29, 1.82) is 0 Å². The molecule has 3 aromatic rings. The van der Waals surface area contributed by atoms with Gasteiger partial charge in [-0.2, -0.15) is 0 Å². The van der Waals surface area contributed by atoms with Crippen molar-refractivity contribution in [2.45, 2.75) is 19.4 Å². The Kier molecular flexibility index (Phi) is 5.75. The van der Waals surface area contributed by atoms with Gasteiger partial charge in [0, 0.05) is 18.1 Å². The van der Waals surface area contributed by atoms with Crippen LogP contribution in [0, 0.1) is 0 Å². The number of hydrogen-bond donors (Lipinski definition) is 2. The second kappa shape index (κ2) is 8.39. The summed E-state index contributed by atoms with van der Waals surface area (Å²) in [6, 6.07) is 17.7. The Labute approximate surface area is 164 Å². The summed E-state index contributed by atoms with van der Waals surface area (Å²) in [6.07, 6.45) is 7.51. The lowest BCUT2D eigenvalue weighted by Crippen LogP contribution is -2.42. The van der Waals surface area contributed by atoms with Crippen molar-refractivity contribution in [3.05, 3.63) is 84.2 Å². The minimum Gasteiger partial charge on any atom is -0.508 e. The first-order chi connectivity index (χ1) is 13.4. The number of anilines is 1. The van der Waals surface area contributed by atoms with E-state index in [1.54, 1.807) is 38.4 Å². The molecule has 0 spiro atoms. The van der Waals surface area contributed by atoms with Gasteiger partial charge in [-0.3, -0.25) is 9.78 Å². The number of hydrogen-bond acceptors (Lipinski definition) is 4. The average molecular weight is 374 g/mol. The summed E-state index contributed by atoms with van der Waals surface area (Å²) in [5, 5.41) is 12.1. The third kappa shape index (κ3) is 5.20. The number of nitrogens with one attached hydrogen (secondary N) is 1. The van der Waals surface area contributed by atoms with Crippen molar-refractivity contribution < 1.29 is 14.6 Å². The van der Waals surface area contributed by atoms with Crippen molar-refractivity contribution in [3.8, 4) is 11.5 Å². The number of aromatic nitrogens is 1. The van der Waals surface area contributed by atoms with Crippen molar-refractivity contribution in [2.24, 2.45) is 0 Å². The lowest BCUT2D eigenvalue weighted by molar-refractivity contribution is -0.128. The molecule has 0 aliphatic rings. The highest BCUT2D eigenvalue weighted by atomic mass is 16.5. The maximum absolute atomic E-state index is 12.5. The van der Waals surface area contributed by atoms with E-state index in [4.69, 9.17) is 4.74 Å². The number of pyridine rings is 1. The van der Waals surface area contributed by atoms with E-state index in [1.165, 1.54) is 12.1 Å². The summed E-state index contributed by atoms with van der Waals surface area (Å²) in [5.41, 5.74) is 1.63. The molecule has 1 aromatic heterocycles. The summed E-state index contributed by atoms with van der Waals surface area (Å²) in [5.74, 6) is 0.471. The van der Waals surface area contributed by atoms with Crippen LogP contribution in [0.15, 0.2) is 73.1 Å². The zero-order valence-electron chi connectivity index (χ0n) is 15.8. The van der Waals surface area contributed by atoms with Crippen molar-refractivity contribution >= 4 is 23.7 Å². The van der Waals surface area contributed by atoms with E-state index >= 15 is 0 Å². The van der Waals surface area contributed by atoms with E-state index in [9.17, 15) is 9.90 Å². The molecule has 0 saturated heterocycles. The highest BCUT2D eigenvalue weighted by molar-refractivity contribution is 5.97. The number of phenols is 1. The number of carbonyl (C=O) groups excluding carboxylic acids is 1. The van der Waals surface area contributed by atoms with Gasteiger partial charge in [0.25, 0.3) is 5.91 Å². The van der Waals surface area contributed by atoms with Crippen LogP contribution in [-0.4, -0.2) is 21.6 Å². The van der Waals surface area contributed by atoms with Crippen LogP contribution < -0.4 is 10.1 Å². The maximum Gasteiger partial charge on any atom is 0.267 e. The van der Waals surface area contributed by atoms with E-state index in [0.29, 0.717) is 11.4 Å². The predicted octanol–water partition coefficient (Wildman–Crippen LogP) is 4.75. The standard InChI is InChI=1S/C23H22N2O3/c1-23(2,22(27)25-19-7-9-20(26)10-8-19)28-21-11-5-17(6-12-21)3-4-18-13-15-24-16-14-18/h3-16,26H,1-2H3,(H,25,27)/b4-3+. The van der Waals surface area contributed by atoms with Crippen LogP contribution in [0.2, 0.25) is 0 Å². The van der Waals surface area contributed by atoms with Crippen LogP contribution in [0.3, 0.4) is 0 Å². The van der Waals surface area contributed by atoms with Gasteiger partial charge in [0.2, 0.25) is 0 Å². The van der Waals surface area contributed by atoms with Crippen molar-refractivity contribution in [1.82, 2.24) is 4.98 Å². The van der Waals surface area contributed by atoms with Gasteiger partial charge in [-0.25, -0.2) is 0 Å². The first-order valence-corrected chi connectivity index (χ1v) is 8.90. The normalized spacial score (nSPS) is 11.4. The molecule has 5 nitrogen and oxygen atoms in total. The van der Waals surface area contributed by atoms with Crippen molar-refractivity contribution in [3.63, 3.8) is 0 Å². The summed E-state index contributed by atoms with van der Waals surface area (Å²) < 4.78 is 5.88. The highest BCUT2D eigenvalue weighted by Gasteiger charge is 2.30. The zero-order valence-corrected chi connectivity index (χ0v) is 15.8. The second-order valence-electron chi connectivity index (χ2n) is 6.80. The van der Waals surface area contributed by atoms with E-state index in [2.05, 4.69) is 10.3 Å². The third-order valence-electron chi connectivity index (χ3n) is 4.10. The largest absolute Gasteiger partial charge is 0.508 e. The molecule has 142 valence electrons. The Bertz CT molecular complexity index is 947. The molecule has 0 aliphatic carbocycles. The fraction of sp³-hybridized carbons (Fsp3) is 0.130. The topological polar surface area (TPSA) is 71.5 Å². The molecule has 28 heavy (non-hydrogen) atoms. The van der Waals surface area contributed by atoms with Crippen LogP contribution in [0.1, 0.15) is 25.0 Å². The number of benzene rings is 2. The Morgan fingerprint density at radius 2 is 1.50 bits per heavy atom. The Hall–Kier alpha value is -3.60. The molecule has 0 bridgehead atoms. The number of amides is 1. The van der Waals surface area contributed by atoms with Crippen LogP contribution in [0.5, 0.6) is 11.5 Å². The van der Waals surface area contributed by atoms with Gasteiger partial charge in [-0.05, 0) is 73.5 Å². The number of aromatic hydroxyl groups is 1. The lowest BCUT2D eigenvalue weighted by atomic mass is 10.1. The second-order valence-corrected chi connectivity index (χ2v) is 6.80. The van der Waals surface area contributed by atoms with Crippen LogP contribution >= 0.6 is 0 Å². The Morgan fingerprint density at radius 3 is 2.11 bits per heavy atom. The molecule has 0 radical (unpaired) electrons. The molecular formula is C23H22N2O3. The molecule has 2 N–H and O–H groups in total. The van der Waals surface area contributed by atoms with Crippen molar-refractivity contribution in [2.75, 3.05) is 5.32 Å². The highest BCUT2D eigenvalue weighted by Crippen LogP contribution is 2.22. The Morgan fingerprint density at radius 1 is 0.929 bits per heavy atom.